The number of aryl methyl sites for hydroxylation is 1. The molecule has 0 fully saturated rings. The number of fused-ring (bicyclic) bond motifs is 1. The van der Waals surface area contributed by atoms with Crippen LogP contribution in [0.25, 0.3) is 5.65 Å². The second-order valence-electron chi connectivity index (χ2n) is 4.77. The number of hydrogen-bond acceptors (Lipinski definition) is 4. The highest BCUT2D eigenvalue weighted by Gasteiger charge is 2.08. The molecule has 0 aliphatic carbocycles. The topological polar surface area (TPSA) is 68.2 Å². The molecule has 0 aliphatic rings. The minimum Gasteiger partial charge on any atom is -0.351 e. The molecule has 0 spiro atoms. The Kier molecular flexibility index (Phi) is 3.35. The first-order valence-electron chi connectivity index (χ1n) is 6.61. The standard InChI is InChI=1S/C15H17N5/c1-11-6-5-9-14-18-15(19-20(11)14)17-10-13(16)12-7-3-2-4-8-12/h2-9,13H,10,16H2,1H3,(H,17,19). The van der Waals surface area contributed by atoms with E-state index in [0.29, 0.717) is 12.5 Å². The summed E-state index contributed by atoms with van der Waals surface area (Å²) in [5, 5.41) is 7.61. The molecular formula is C15H17N5. The fourth-order valence-electron chi connectivity index (χ4n) is 2.13. The molecule has 5 nitrogen and oxygen atoms in total. The van der Waals surface area contributed by atoms with Crippen LogP contribution in [0.5, 0.6) is 0 Å². The molecule has 0 saturated heterocycles. The van der Waals surface area contributed by atoms with E-state index in [2.05, 4.69) is 15.4 Å². The molecule has 1 atom stereocenters. The summed E-state index contributed by atoms with van der Waals surface area (Å²) in [7, 11) is 0. The van der Waals surface area contributed by atoms with Gasteiger partial charge in [-0.2, -0.15) is 4.98 Å². The van der Waals surface area contributed by atoms with Crippen molar-refractivity contribution in [3.05, 3.63) is 59.8 Å². The van der Waals surface area contributed by atoms with Gasteiger partial charge in [0.05, 0.1) is 0 Å². The van der Waals surface area contributed by atoms with Crippen LogP contribution < -0.4 is 11.1 Å². The van der Waals surface area contributed by atoms with Crippen LogP contribution in [0.15, 0.2) is 48.5 Å². The van der Waals surface area contributed by atoms with Crippen LogP contribution in [0.1, 0.15) is 17.3 Å². The number of hydrogen-bond donors (Lipinski definition) is 2. The SMILES string of the molecule is Cc1cccc2nc(NCC(N)c3ccccc3)nn12. The fourth-order valence-corrected chi connectivity index (χ4v) is 2.13. The van der Waals surface area contributed by atoms with E-state index in [0.717, 1.165) is 16.9 Å². The van der Waals surface area contributed by atoms with Gasteiger partial charge in [0.2, 0.25) is 5.95 Å². The Balaban J connectivity index is 1.72. The smallest absolute Gasteiger partial charge is 0.243 e. The summed E-state index contributed by atoms with van der Waals surface area (Å²) in [6.07, 6.45) is 0. The lowest BCUT2D eigenvalue weighted by Crippen LogP contribution is -2.21. The van der Waals surface area contributed by atoms with Crippen molar-refractivity contribution in [2.45, 2.75) is 13.0 Å². The van der Waals surface area contributed by atoms with E-state index in [4.69, 9.17) is 5.73 Å². The van der Waals surface area contributed by atoms with Crippen molar-refractivity contribution in [3.8, 4) is 0 Å². The van der Waals surface area contributed by atoms with Gasteiger partial charge in [-0.25, -0.2) is 4.52 Å². The van der Waals surface area contributed by atoms with Gasteiger partial charge in [0.15, 0.2) is 5.65 Å². The van der Waals surface area contributed by atoms with Gasteiger partial charge in [-0.1, -0.05) is 36.4 Å². The molecule has 2 aromatic heterocycles. The zero-order valence-corrected chi connectivity index (χ0v) is 11.3. The highest BCUT2D eigenvalue weighted by molar-refractivity contribution is 5.44. The molecule has 0 aliphatic heterocycles. The molecule has 0 radical (unpaired) electrons. The molecule has 5 heteroatoms. The molecule has 2 heterocycles. The third kappa shape index (κ3) is 2.48. The van der Waals surface area contributed by atoms with Gasteiger partial charge in [-0.05, 0) is 24.6 Å². The number of aromatic nitrogens is 3. The number of nitrogens with two attached hydrogens (primary N) is 1. The fraction of sp³-hybridized carbons (Fsp3) is 0.200. The van der Waals surface area contributed by atoms with Crippen LogP contribution in [0.3, 0.4) is 0 Å². The van der Waals surface area contributed by atoms with Crippen molar-refractivity contribution in [2.75, 3.05) is 11.9 Å². The van der Waals surface area contributed by atoms with Gasteiger partial charge in [-0.15, -0.1) is 5.10 Å². The molecule has 1 unspecified atom stereocenters. The first-order valence-corrected chi connectivity index (χ1v) is 6.61. The summed E-state index contributed by atoms with van der Waals surface area (Å²) < 4.78 is 1.82. The van der Waals surface area contributed by atoms with Gasteiger partial charge in [0.25, 0.3) is 0 Å². The van der Waals surface area contributed by atoms with Crippen molar-refractivity contribution in [1.29, 1.82) is 0 Å². The summed E-state index contributed by atoms with van der Waals surface area (Å²) in [6, 6.07) is 15.8. The predicted molar refractivity (Wildman–Crippen MR) is 79.6 cm³/mol. The number of benzene rings is 1. The van der Waals surface area contributed by atoms with Gasteiger partial charge >= 0.3 is 0 Å². The molecule has 0 saturated carbocycles. The Labute approximate surface area is 117 Å². The van der Waals surface area contributed by atoms with Gasteiger partial charge < -0.3 is 11.1 Å². The third-order valence-corrected chi connectivity index (χ3v) is 3.26. The monoisotopic (exact) mass is 267 g/mol. The summed E-state index contributed by atoms with van der Waals surface area (Å²) in [6.45, 7) is 2.60. The van der Waals surface area contributed by atoms with Crippen molar-refractivity contribution < 1.29 is 0 Å². The number of nitrogens with one attached hydrogen (secondary N) is 1. The summed E-state index contributed by atoms with van der Waals surface area (Å²) in [5.74, 6) is 0.602. The maximum atomic E-state index is 6.14. The lowest BCUT2D eigenvalue weighted by atomic mass is 10.1. The molecule has 3 rings (SSSR count). The zero-order chi connectivity index (χ0) is 13.9. The van der Waals surface area contributed by atoms with Crippen LogP contribution in [-0.4, -0.2) is 21.1 Å². The number of pyridine rings is 1. The minimum atomic E-state index is -0.0797. The Morgan fingerprint density at radius 3 is 2.70 bits per heavy atom. The van der Waals surface area contributed by atoms with Crippen molar-refractivity contribution in [1.82, 2.24) is 14.6 Å². The van der Waals surface area contributed by atoms with E-state index in [-0.39, 0.29) is 6.04 Å². The molecule has 3 N–H and O–H groups in total. The minimum absolute atomic E-state index is 0.0797. The summed E-state index contributed by atoms with van der Waals surface area (Å²) >= 11 is 0. The Hall–Kier alpha value is -2.40. The van der Waals surface area contributed by atoms with E-state index < -0.39 is 0 Å². The van der Waals surface area contributed by atoms with Crippen molar-refractivity contribution >= 4 is 11.6 Å². The van der Waals surface area contributed by atoms with Crippen LogP contribution in [0.2, 0.25) is 0 Å². The van der Waals surface area contributed by atoms with Gasteiger partial charge in [0.1, 0.15) is 0 Å². The molecule has 3 aromatic rings. The molecule has 0 bridgehead atoms. The predicted octanol–water partition coefficient (Wildman–Crippen LogP) is 2.15. The first-order chi connectivity index (χ1) is 9.74. The Morgan fingerprint density at radius 1 is 1.15 bits per heavy atom. The first kappa shape index (κ1) is 12.6. The quantitative estimate of drug-likeness (QED) is 0.760. The molecule has 0 amide bonds. The molecule has 1 aromatic carbocycles. The average molecular weight is 267 g/mol. The van der Waals surface area contributed by atoms with E-state index in [1.165, 1.54) is 0 Å². The number of anilines is 1. The van der Waals surface area contributed by atoms with Crippen LogP contribution in [-0.2, 0) is 0 Å². The third-order valence-electron chi connectivity index (χ3n) is 3.26. The Morgan fingerprint density at radius 2 is 1.95 bits per heavy atom. The number of rotatable bonds is 4. The normalized spacial score (nSPS) is 12.5. The second-order valence-corrected chi connectivity index (χ2v) is 4.77. The lowest BCUT2D eigenvalue weighted by Gasteiger charge is -2.11. The molecular weight excluding hydrogens is 250 g/mol. The largest absolute Gasteiger partial charge is 0.351 e. The van der Waals surface area contributed by atoms with Crippen molar-refractivity contribution in [2.24, 2.45) is 5.73 Å². The zero-order valence-electron chi connectivity index (χ0n) is 11.3. The van der Waals surface area contributed by atoms with E-state index in [1.54, 1.807) is 0 Å². The highest BCUT2D eigenvalue weighted by Crippen LogP contribution is 2.12. The average Bonchev–Trinajstić information content (AvgIpc) is 2.90. The van der Waals surface area contributed by atoms with Crippen molar-refractivity contribution in [3.63, 3.8) is 0 Å². The van der Waals surface area contributed by atoms with E-state index in [1.807, 2.05) is 60.0 Å². The van der Waals surface area contributed by atoms with Crippen LogP contribution in [0.4, 0.5) is 5.95 Å². The lowest BCUT2D eigenvalue weighted by molar-refractivity contribution is 0.757. The molecule has 102 valence electrons. The Bertz CT molecular complexity index is 705. The maximum absolute atomic E-state index is 6.14. The number of nitrogens with zero attached hydrogens (tertiary/aromatic N) is 3. The van der Waals surface area contributed by atoms with Gasteiger partial charge in [-0.3, -0.25) is 0 Å². The van der Waals surface area contributed by atoms with Crippen LogP contribution in [0, 0.1) is 6.92 Å². The van der Waals surface area contributed by atoms with Crippen LogP contribution >= 0.6 is 0 Å². The van der Waals surface area contributed by atoms with E-state index in [9.17, 15) is 0 Å². The van der Waals surface area contributed by atoms with Gasteiger partial charge in [0, 0.05) is 18.3 Å². The highest BCUT2D eigenvalue weighted by atomic mass is 15.4. The second kappa shape index (κ2) is 5.30. The summed E-state index contributed by atoms with van der Waals surface area (Å²) in [5.41, 5.74) is 9.12. The summed E-state index contributed by atoms with van der Waals surface area (Å²) in [4.78, 5) is 4.42. The molecule has 20 heavy (non-hydrogen) atoms. The maximum Gasteiger partial charge on any atom is 0.243 e. The van der Waals surface area contributed by atoms with E-state index >= 15 is 0 Å².